The van der Waals surface area contributed by atoms with E-state index in [4.69, 9.17) is 0 Å². The van der Waals surface area contributed by atoms with E-state index in [1.165, 1.54) is 0 Å². The van der Waals surface area contributed by atoms with E-state index in [0.717, 1.165) is 0 Å². The van der Waals surface area contributed by atoms with Crippen LogP contribution < -0.4 is 0 Å². The van der Waals surface area contributed by atoms with Crippen LogP contribution in [0.3, 0.4) is 0 Å². The van der Waals surface area contributed by atoms with E-state index in [0.29, 0.717) is 0 Å². The van der Waals surface area contributed by atoms with Crippen LogP contribution >= 0.6 is 0 Å². The van der Waals surface area contributed by atoms with Gasteiger partial charge in [0.1, 0.15) is 0 Å². The van der Waals surface area contributed by atoms with Gasteiger partial charge in [0.15, 0.2) is 0 Å². The monoisotopic (exact) mass is 138 g/mol. The van der Waals surface area contributed by atoms with Crippen molar-refractivity contribution in [3.8, 4) is 0 Å². The summed E-state index contributed by atoms with van der Waals surface area (Å²) in [6.45, 7) is 0. The summed E-state index contributed by atoms with van der Waals surface area (Å²) in [5.41, 5.74) is 0. The predicted molar refractivity (Wildman–Crippen MR) is 35.7 cm³/mol. The third-order valence-corrected chi connectivity index (χ3v) is 0. The standard InChI is InChI=1S/5CH3.H2O.Sc/h5*1H3;1H2;/q5*-1;;. The molecule has 0 spiro atoms. The molecule has 1 nitrogen and oxygen atoms in total. The minimum atomic E-state index is 0. The van der Waals surface area contributed by atoms with Crippen molar-refractivity contribution in [2.45, 2.75) is 0 Å². The van der Waals surface area contributed by atoms with Crippen LogP contribution in [0.1, 0.15) is 0 Å². The molecule has 0 rings (SSSR count). The van der Waals surface area contributed by atoms with Crippen LogP contribution in [0, 0.1) is 37.1 Å². The van der Waals surface area contributed by atoms with E-state index in [2.05, 4.69) is 0 Å². The first-order valence-corrected chi connectivity index (χ1v) is 0. The van der Waals surface area contributed by atoms with Crippen molar-refractivity contribution in [2.75, 3.05) is 0 Å². The molecule has 0 heterocycles. The zero-order valence-electron chi connectivity index (χ0n) is 6.08. The quantitative estimate of drug-likeness (QED) is 0.453. The van der Waals surface area contributed by atoms with Crippen LogP contribution in [0.4, 0.5) is 0 Å². The second-order valence-corrected chi connectivity index (χ2v) is 0. The minimum absolute atomic E-state index is 0. The van der Waals surface area contributed by atoms with Gasteiger partial charge in [-0.3, -0.25) is 0 Å². The smallest absolute Gasteiger partial charge is 0 e. The molecule has 0 bridgehead atoms. The molecule has 7 heavy (non-hydrogen) atoms. The molecule has 1 radical (unpaired) electrons. The van der Waals surface area contributed by atoms with Crippen LogP contribution in [0.25, 0.3) is 0 Å². The average molecular weight is 138 g/mol. The van der Waals surface area contributed by atoms with E-state index in [1.54, 1.807) is 0 Å². The Morgan fingerprint density at radius 2 is 0.429 bits per heavy atom. The molecular weight excluding hydrogens is 121 g/mol. The first-order valence-electron chi connectivity index (χ1n) is 0. The Hall–Kier alpha value is 0.830. The fourth-order valence-electron chi connectivity index (χ4n) is 0. The molecule has 0 atom stereocenters. The zero-order chi connectivity index (χ0) is 0. The second-order valence-electron chi connectivity index (χ2n) is 0. The van der Waals surface area contributed by atoms with Crippen molar-refractivity contribution in [1.29, 1.82) is 0 Å². The van der Waals surface area contributed by atoms with Gasteiger partial charge in [0, 0.05) is 25.8 Å². The van der Waals surface area contributed by atoms with Crippen molar-refractivity contribution in [2.24, 2.45) is 0 Å². The average Bonchev–Trinajstić information content (AvgIpc) is 0. The Kier molecular flexibility index (Phi) is 25500. The van der Waals surface area contributed by atoms with Crippen LogP contribution in [0.2, 0.25) is 0 Å². The summed E-state index contributed by atoms with van der Waals surface area (Å²) >= 11 is 0. The molecule has 0 aliphatic carbocycles. The van der Waals surface area contributed by atoms with E-state index < -0.39 is 0 Å². The zero-order valence-corrected chi connectivity index (χ0v) is 7.88. The summed E-state index contributed by atoms with van der Waals surface area (Å²) in [6, 6.07) is 0. The minimum Gasteiger partial charge on any atom is -0.412 e. The first-order chi connectivity index (χ1) is 0. The third kappa shape index (κ3) is 231. The van der Waals surface area contributed by atoms with Crippen LogP contribution in [-0.2, 0) is 25.8 Å². The first kappa shape index (κ1) is 530. The largest absolute Gasteiger partial charge is 0.412 e. The second kappa shape index (κ2) is 337. The van der Waals surface area contributed by atoms with E-state index >= 15 is 0 Å². The molecule has 0 unspecified atom stereocenters. The molecule has 0 aromatic carbocycles. The summed E-state index contributed by atoms with van der Waals surface area (Å²) in [4.78, 5) is 0. The molecule has 0 aliphatic rings. The Morgan fingerprint density at radius 1 is 0.429 bits per heavy atom. The molecule has 2 heteroatoms. The number of hydrogen-bond acceptors (Lipinski definition) is 0. The SMILES string of the molecule is O.[CH3-].[CH3-].[CH3-].[CH3-].[CH3-].[Sc]. The Bertz CT molecular complexity index is 8.04. The third-order valence-electron chi connectivity index (χ3n) is 0. The summed E-state index contributed by atoms with van der Waals surface area (Å²) in [5, 5.41) is 0. The maximum atomic E-state index is 0. The van der Waals surface area contributed by atoms with Gasteiger partial charge >= 0.3 is 0 Å². The molecular formula is C5H17OSc-5. The van der Waals surface area contributed by atoms with Crippen molar-refractivity contribution in [1.82, 2.24) is 0 Å². The van der Waals surface area contributed by atoms with Gasteiger partial charge in [-0.2, -0.15) is 0 Å². The van der Waals surface area contributed by atoms with Gasteiger partial charge in [0.2, 0.25) is 0 Å². The molecule has 0 saturated heterocycles. The van der Waals surface area contributed by atoms with E-state index in [9.17, 15) is 0 Å². The number of hydrogen-bond donors (Lipinski definition) is 0. The van der Waals surface area contributed by atoms with Gasteiger partial charge in [-0.1, -0.05) is 0 Å². The van der Waals surface area contributed by atoms with Gasteiger partial charge in [0.05, 0.1) is 0 Å². The van der Waals surface area contributed by atoms with Crippen LogP contribution in [0.5, 0.6) is 0 Å². The fourth-order valence-corrected chi connectivity index (χ4v) is 0. The molecule has 0 aliphatic heterocycles. The van der Waals surface area contributed by atoms with Crippen LogP contribution in [0.15, 0.2) is 0 Å². The summed E-state index contributed by atoms with van der Waals surface area (Å²) < 4.78 is 0. The van der Waals surface area contributed by atoms with Crippen LogP contribution in [-0.4, -0.2) is 5.48 Å². The van der Waals surface area contributed by atoms with E-state index in [1.807, 2.05) is 0 Å². The van der Waals surface area contributed by atoms with E-state index in [-0.39, 0.29) is 68.5 Å². The van der Waals surface area contributed by atoms with Crippen molar-refractivity contribution in [3.63, 3.8) is 0 Å². The molecule has 2 N–H and O–H groups in total. The maximum absolute atomic E-state index is 0. The molecule has 51 valence electrons. The van der Waals surface area contributed by atoms with Gasteiger partial charge in [0.25, 0.3) is 0 Å². The molecule has 0 fully saturated rings. The normalized spacial score (nSPS) is 0. The van der Waals surface area contributed by atoms with Gasteiger partial charge in [-0.05, 0) is 0 Å². The Morgan fingerprint density at radius 3 is 0.429 bits per heavy atom. The Labute approximate surface area is 68.6 Å². The number of rotatable bonds is 0. The molecule has 0 amide bonds. The molecule has 0 aromatic rings. The summed E-state index contributed by atoms with van der Waals surface area (Å²) in [6.07, 6.45) is 0. The fraction of sp³-hybridized carbons (Fsp3) is 0. The van der Waals surface area contributed by atoms with Crippen molar-refractivity contribution < 1.29 is 31.3 Å². The Balaban J connectivity index is 0. The van der Waals surface area contributed by atoms with Crippen molar-refractivity contribution in [3.05, 3.63) is 37.1 Å². The van der Waals surface area contributed by atoms with Gasteiger partial charge in [-0.25, -0.2) is 0 Å². The van der Waals surface area contributed by atoms with Crippen molar-refractivity contribution >= 4 is 0 Å². The molecule has 0 aromatic heterocycles. The van der Waals surface area contributed by atoms with Gasteiger partial charge in [-0.15, -0.1) is 0 Å². The maximum Gasteiger partial charge on any atom is 0 e. The van der Waals surface area contributed by atoms with Gasteiger partial charge < -0.3 is 42.6 Å². The predicted octanol–water partition coefficient (Wildman–Crippen LogP) is 1.42. The topological polar surface area (TPSA) is 31.5 Å². The summed E-state index contributed by atoms with van der Waals surface area (Å²) in [5.74, 6) is 0. The molecule has 0 saturated carbocycles. The summed E-state index contributed by atoms with van der Waals surface area (Å²) in [7, 11) is 0.